The van der Waals surface area contributed by atoms with E-state index in [1.54, 1.807) is 26.4 Å². The Labute approximate surface area is 157 Å². The molecule has 0 unspecified atom stereocenters. The number of rotatable bonds is 9. The zero-order valence-electron chi connectivity index (χ0n) is 15.7. The molecule has 0 aromatic heterocycles. The van der Waals surface area contributed by atoms with E-state index < -0.39 is 12.2 Å². The van der Waals surface area contributed by atoms with E-state index in [4.69, 9.17) is 33.2 Å². The third kappa shape index (κ3) is 4.59. The van der Waals surface area contributed by atoms with Crippen molar-refractivity contribution in [1.82, 2.24) is 0 Å². The van der Waals surface area contributed by atoms with Gasteiger partial charge in [0, 0.05) is 19.1 Å². The molecule has 8 heteroatoms. The minimum Gasteiger partial charge on any atom is -0.497 e. The van der Waals surface area contributed by atoms with Crippen LogP contribution in [0.25, 0.3) is 0 Å². The Balaban J connectivity index is 1.65. The van der Waals surface area contributed by atoms with Crippen LogP contribution in [0.2, 0.25) is 0 Å². The molecule has 1 aromatic carbocycles. The third-order valence-corrected chi connectivity index (χ3v) is 4.63. The summed E-state index contributed by atoms with van der Waals surface area (Å²) in [6.07, 6.45) is -1.22. The number of hydrogen-bond acceptors (Lipinski definition) is 7. The van der Waals surface area contributed by atoms with Gasteiger partial charge in [0.25, 0.3) is 0 Å². The molecule has 1 heterocycles. The molecular weight excluding hydrogens is 359 g/mol. The van der Waals surface area contributed by atoms with Crippen molar-refractivity contribution in [1.29, 1.82) is 0 Å². The summed E-state index contributed by atoms with van der Waals surface area (Å²) >= 11 is 0. The van der Waals surface area contributed by atoms with Crippen LogP contribution in [-0.4, -0.2) is 59.8 Å². The molecule has 1 aromatic rings. The molecule has 1 aliphatic carbocycles. The van der Waals surface area contributed by atoms with E-state index in [0.29, 0.717) is 23.5 Å². The van der Waals surface area contributed by atoms with E-state index in [2.05, 4.69) is 0 Å². The van der Waals surface area contributed by atoms with Gasteiger partial charge in [0.05, 0.1) is 33.5 Å². The summed E-state index contributed by atoms with van der Waals surface area (Å²) in [5.41, 5.74) is 1.32. The SMILES string of the molecule is COCO[C@@H]1CC(COCc2cc(OC)ccc2OC)=C(F)[C@H]2OCO[C@H]21. The van der Waals surface area contributed by atoms with Crippen LogP contribution in [0, 0.1) is 0 Å². The molecule has 0 radical (unpaired) electrons. The predicted molar refractivity (Wildman–Crippen MR) is 93.3 cm³/mol. The van der Waals surface area contributed by atoms with Crippen LogP contribution in [0.1, 0.15) is 12.0 Å². The molecule has 1 aliphatic heterocycles. The average molecular weight is 384 g/mol. The molecule has 2 aliphatic rings. The van der Waals surface area contributed by atoms with Crippen LogP contribution in [-0.2, 0) is 30.3 Å². The number of fused-ring (bicyclic) bond motifs is 1. The van der Waals surface area contributed by atoms with Crippen LogP contribution in [0.3, 0.4) is 0 Å². The maximum Gasteiger partial charge on any atom is 0.148 e. The van der Waals surface area contributed by atoms with Crippen molar-refractivity contribution in [3.8, 4) is 11.5 Å². The maximum absolute atomic E-state index is 14.8. The topological polar surface area (TPSA) is 64.6 Å². The lowest BCUT2D eigenvalue weighted by molar-refractivity contribution is -0.121. The van der Waals surface area contributed by atoms with Gasteiger partial charge >= 0.3 is 0 Å². The zero-order valence-corrected chi connectivity index (χ0v) is 15.7. The van der Waals surface area contributed by atoms with E-state index >= 15 is 0 Å². The Bertz CT molecular complexity index is 663. The van der Waals surface area contributed by atoms with E-state index in [0.717, 1.165) is 5.56 Å². The van der Waals surface area contributed by atoms with E-state index in [1.165, 1.54) is 7.11 Å². The molecule has 0 saturated carbocycles. The largest absolute Gasteiger partial charge is 0.497 e. The van der Waals surface area contributed by atoms with Gasteiger partial charge in [-0.3, -0.25) is 0 Å². The Morgan fingerprint density at radius 1 is 1.11 bits per heavy atom. The molecule has 0 spiro atoms. The van der Waals surface area contributed by atoms with Crippen molar-refractivity contribution in [2.75, 3.05) is 41.5 Å². The minimum atomic E-state index is -0.759. The van der Waals surface area contributed by atoms with Crippen molar-refractivity contribution in [3.05, 3.63) is 35.2 Å². The van der Waals surface area contributed by atoms with Gasteiger partial charge in [0.1, 0.15) is 43.1 Å². The first-order chi connectivity index (χ1) is 13.2. The van der Waals surface area contributed by atoms with Crippen molar-refractivity contribution < 1.29 is 37.5 Å². The molecule has 27 heavy (non-hydrogen) atoms. The van der Waals surface area contributed by atoms with Crippen LogP contribution < -0.4 is 9.47 Å². The Kier molecular flexibility index (Phi) is 7.03. The molecule has 0 amide bonds. The Hall–Kier alpha value is -1.71. The second-order valence-electron chi connectivity index (χ2n) is 6.27. The summed E-state index contributed by atoms with van der Waals surface area (Å²) in [5.74, 6) is 1.04. The highest BCUT2D eigenvalue weighted by molar-refractivity contribution is 5.39. The lowest BCUT2D eigenvalue weighted by Crippen LogP contribution is -2.42. The molecule has 150 valence electrons. The summed E-state index contributed by atoms with van der Waals surface area (Å²) < 4.78 is 52.5. The van der Waals surface area contributed by atoms with Crippen molar-refractivity contribution >= 4 is 0 Å². The Morgan fingerprint density at radius 2 is 1.96 bits per heavy atom. The highest BCUT2D eigenvalue weighted by atomic mass is 19.1. The Morgan fingerprint density at radius 3 is 2.70 bits per heavy atom. The van der Waals surface area contributed by atoms with Crippen LogP contribution >= 0.6 is 0 Å². The standard InChI is InChI=1S/C19H25FO7/c1-21-10-25-16-7-13(17(20)19-18(16)26-11-27-19)9-24-8-12-6-14(22-2)4-5-15(12)23-3/h4-6,16,18-19H,7-11H2,1-3H3/t16-,18+,19-/m1/s1. The molecule has 1 fully saturated rings. The van der Waals surface area contributed by atoms with Gasteiger partial charge in [0.15, 0.2) is 0 Å². The van der Waals surface area contributed by atoms with Crippen molar-refractivity contribution in [3.63, 3.8) is 0 Å². The second-order valence-corrected chi connectivity index (χ2v) is 6.27. The summed E-state index contributed by atoms with van der Waals surface area (Å²) in [5, 5.41) is 0. The molecule has 3 atom stereocenters. The zero-order chi connectivity index (χ0) is 19.2. The molecular formula is C19H25FO7. The lowest BCUT2D eigenvalue weighted by Gasteiger charge is -2.31. The molecule has 0 N–H and O–H groups in total. The van der Waals surface area contributed by atoms with E-state index in [9.17, 15) is 4.39 Å². The molecule has 3 rings (SSSR count). The fourth-order valence-corrected chi connectivity index (χ4v) is 3.27. The number of benzene rings is 1. The van der Waals surface area contributed by atoms with Crippen LogP contribution in [0.4, 0.5) is 4.39 Å². The highest BCUT2D eigenvalue weighted by Gasteiger charge is 2.44. The fraction of sp³-hybridized carbons (Fsp3) is 0.579. The fourth-order valence-electron chi connectivity index (χ4n) is 3.27. The number of hydrogen-bond donors (Lipinski definition) is 0. The van der Waals surface area contributed by atoms with Crippen molar-refractivity contribution in [2.45, 2.75) is 31.3 Å². The first kappa shape index (κ1) is 20.0. The molecule has 0 bridgehead atoms. The number of halogens is 1. The van der Waals surface area contributed by atoms with Gasteiger partial charge in [-0.15, -0.1) is 0 Å². The first-order valence-corrected chi connectivity index (χ1v) is 8.67. The quantitative estimate of drug-likeness (QED) is 0.607. The molecule has 7 nitrogen and oxygen atoms in total. The minimum absolute atomic E-state index is 0.0464. The summed E-state index contributed by atoms with van der Waals surface area (Å²) in [6, 6.07) is 5.45. The van der Waals surface area contributed by atoms with E-state index in [1.807, 2.05) is 6.07 Å². The van der Waals surface area contributed by atoms with Gasteiger partial charge in [-0.25, -0.2) is 4.39 Å². The monoisotopic (exact) mass is 384 g/mol. The molecule has 1 saturated heterocycles. The summed E-state index contributed by atoms with van der Waals surface area (Å²) in [6.45, 7) is 0.524. The average Bonchev–Trinajstić information content (AvgIpc) is 3.19. The highest BCUT2D eigenvalue weighted by Crippen LogP contribution is 2.36. The third-order valence-electron chi connectivity index (χ3n) is 4.63. The van der Waals surface area contributed by atoms with Gasteiger partial charge in [-0.1, -0.05) is 0 Å². The van der Waals surface area contributed by atoms with Crippen LogP contribution in [0.15, 0.2) is 29.6 Å². The number of methoxy groups -OCH3 is 3. The van der Waals surface area contributed by atoms with Crippen LogP contribution in [0.5, 0.6) is 11.5 Å². The van der Waals surface area contributed by atoms with Gasteiger partial charge in [0.2, 0.25) is 0 Å². The summed E-state index contributed by atoms with van der Waals surface area (Å²) in [4.78, 5) is 0. The maximum atomic E-state index is 14.8. The second kappa shape index (κ2) is 9.48. The number of ether oxygens (including phenoxy) is 7. The lowest BCUT2D eigenvalue weighted by atomic mass is 9.91. The smallest absolute Gasteiger partial charge is 0.148 e. The summed E-state index contributed by atoms with van der Waals surface area (Å²) in [7, 11) is 4.72. The predicted octanol–water partition coefficient (Wildman–Crippen LogP) is 2.58. The van der Waals surface area contributed by atoms with Gasteiger partial charge in [-0.05, 0) is 23.8 Å². The van der Waals surface area contributed by atoms with Crippen molar-refractivity contribution in [2.24, 2.45) is 0 Å². The van der Waals surface area contributed by atoms with Gasteiger partial charge in [-0.2, -0.15) is 0 Å². The van der Waals surface area contributed by atoms with Gasteiger partial charge < -0.3 is 33.2 Å². The van der Waals surface area contributed by atoms with E-state index in [-0.39, 0.29) is 38.7 Å². The normalized spacial score (nSPS) is 24.8. The first-order valence-electron chi connectivity index (χ1n) is 8.67.